The highest BCUT2D eigenvalue weighted by molar-refractivity contribution is 6.16. The molecule has 15 nitrogen and oxygen atoms in total. The second-order valence-electron chi connectivity index (χ2n) is 18.2. The number of hydrogen-bond donors (Lipinski definition) is 0. The molecule has 6 aromatic rings. The van der Waals surface area contributed by atoms with Crippen LogP contribution in [-0.2, 0) is 33.5 Å². The first-order valence-corrected chi connectivity index (χ1v) is 21.6. The number of methoxy groups -OCH3 is 8. The van der Waals surface area contributed by atoms with Crippen molar-refractivity contribution in [2.45, 2.75) is 65.6 Å². The lowest BCUT2D eigenvalue weighted by molar-refractivity contribution is 0.0526. The topological polar surface area (TPSA) is 162 Å². The Morgan fingerprint density at radius 2 is 0.750 bits per heavy atom. The summed E-state index contributed by atoms with van der Waals surface area (Å²) in [5, 5.41) is 1.65. The van der Waals surface area contributed by atoms with E-state index in [1.54, 1.807) is 64.8 Å². The van der Waals surface area contributed by atoms with Gasteiger partial charge >= 0.3 is 18.1 Å². The summed E-state index contributed by atoms with van der Waals surface area (Å²) >= 11 is 0. The second-order valence-corrected chi connectivity index (χ2v) is 18.2. The van der Waals surface area contributed by atoms with Crippen molar-refractivity contribution in [2.75, 3.05) is 56.9 Å². The summed E-state index contributed by atoms with van der Waals surface area (Å²) in [5.74, 6) is 1.99. The van der Waals surface area contributed by atoms with Gasteiger partial charge in [0, 0.05) is 56.3 Å². The minimum atomic E-state index is -1.20. The number of cyclic esters (lactones) is 2. The minimum Gasteiger partial charge on any atom is -0.497 e. The molecule has 0 amide bonds. The van der Waals surface area contributed by atoms with Crippen molar-refractivity contribution in [2.24, 2.45) is 0 Å². The standard InChI is InChI=1S/C53H54O15/c1-52(2,3)45-31(15-25(57-7)17-39(45)63-13)41-27-19-35(59-9)37(61-11)21-29(27)47(33-23-65-49(54)43(33)41)67-51(56)68-48-30-22-38(62-12)36(60-10)20-28(30)42(44-34(48)24-66-50(44)55)32-16-26(58-8)18-40(64-14)46(32)53(4,5)6/h15-22H,23-24H2,1-14H3. The average Bonchev–Trinajstić information content (AvgIpc) is 3.90. The maximum Gasteiger partial charge on any atom is 0.519 e. The van der Waals surface area contributed by atoms with E-state index < -0.39 is 28.9 Å². The van der Waals surface area contributed by atoms with Crippen LogP contribution in [-0.4, -0.2) is 75.0 Å². The van der Waals surface area contributed by atoms with Gasteiger partial charge < -0.3 is 56.8 Å². The summed E-state index contributed by atoms with van der Waals surface area (Å²) in [6.45, 7) is 11.7. The highest BCUT2D eigenvalue weighted by atomic mass is 16.7. The predicted octanol–water partition coefficient (Wildman–Crippen LogP) is 10.9. The van der Waals surface area contributed by atoms with Gasteiger partial charge in [-0.05, 0) is 69.1 Å². The zero-order chi connectivity index (χ0) is 49.1. The van der Waals surface area contributed by atoms with Crippen LogP contribution in [0.2, 0.25) is 0 Å². The highest BCUT2D eigenvalue weighted by Gasteiger charge is 2.40. The fourth-order valence-electron chi connectivity index (χ4n) is 9.48. The Bertz CT molecular complexity index is 2870. The number of hydrogen-bond acceptors (Lipinski definition) is 15. The first kappa shape index (κ1) is 47.0. The Hall–Kier alpha value is -7.55. The molecule has 8 rings (SSSR count). The van der Waals surface area contributed by atoms with Crippen LogP contribution in [0.15, 0.2) is 48.5 Å². The molecule has 15 heteroatoms. The lowest BCUT2D eigenvalue weighted by Crippen LogP contribution is -2.18. The van der Waals surface area contributed by atoms with Crippen molar-refractivity contribution in [3.8, 4) is 79.7 Å². The molecule has 0 N–H and O–H groups in total. The fourth-order valence-corrected chi connectivity index (χ4v) is 9.48. The zero-order valence-electron chi connectivity index (χ0n) is 40.7. The molecule has 68 heavy (non-hydrogen) atoms. The highest BCUT2D eigenvalue weighted by Crippen LogP contribution is 2.54. The van der Waals surface area contributed by atoms with Crippen molar-refractivity contribution in [3.63, 3.8) is 0 Å². The van der Waals surface area contributed by atoms with E-state index in [0.717, 1.165) is 11.1 Å². The van der Waals surface area contributed by atoms with Crippen LogP contribution < -0.4 is 47.4 Å². The Labute approximate surface area is 393 Å². The van der Waals surface area contributed by atoms with Crippen LogP contribution in [0.5, 0.6) is 57.5 Å². The molecule has 0 aliphatic carbocycles. The zero-order valence-corrected chi connectivity index (χ0v) is 40.7. The molecular weight excluding hydrogens is 877 g/mol. The monoisotopic (exact) mass is 930 g/mol. The molecule has 0 fully saturated rings. The van der Waals surface area contributed by atoms with Gasteiger partial charge in [-0.1, -0.05) is 41.5 Å². The molecule has 0 radical (unpaired) electrons. The number of fused-ring (bicyclic) bond motifs is 4. The van der Waals surface area contributed by atoms with E-state index in [9.17, 15) is 14.4 Å². The summed E-state index contributed by atoms with van der Waals surface area (Å²) in [4.78, 5) is 43.0. The number of rotatable bonds is 12. The van der Waals surface area contributed by atoms with Crippen molar-refractivity contribution in [1.82, 2.24) is 0 Å². The smallest absolute Gasteiger partial charge is 0.497 e. The molecule has 0 spiro atoms. The van der Waals surface area contributed by atoms with Crippen molar-refractivity contribution >= 4 is 39.6 Å². The van der Waals surface area contributed by atoms with E-state index in [-0.39, 0.29) is 47.0 Å². The first-order valence-electron chi connectivity index (χ1n) is 21.6. The van der Waals surface area contributed by atoms with E-state index in [1.165, 1.54) is 28.4 Å². The molecule has 2 aliphatic heterocycles. The molecular formula is C53H54O15. The van der Waals surface area contributed by atoms with Crippen molar-refractivity contribution in [3.05, 3.63) is 81.9 Å². The van der Waals surface area contributed by atoms with Crippen LogP contribution >= 0.6 is 0 Å². The van der Waals surface area contributed by atoms with E-state index in [0.29, 0.717) is 89.8 Å². The third kappa shape index (κ3) is 7.68. The van der Waals surface area contributed by atoms with Crippen LogP contribution in [0.25, 0.3) is 43.8 Å². The number of carbonyl (C=O) groups is 3. The average molecular weight is 931 g/mol. The largest absolute Gasteiger partial charge is 0.519 e. The number of esters is 2. The SMILES string of the molecule is COc1cc(OC)c(C(C)(C)C)c(-c2c3c(c(OC(=O)Oc4c5c(c(-c6cc(OC)cc(OC)c6C(C)(C)C)c6cc(OC)c(OC)cc46)C(=O)OC5)c4cc(OC)c(OC)cc24)COC3=O)c1. The Balaban J connectivity index is 1.40. The van der Waals surface area contributed by atoms with Gasteiger partial charge in [0.15, 0.2) is 23.0 Å². The quantitative estimate of drug-likeness (QED) is 0.0841. The first-order chi connectivity index (χ1) is 32.4. The Kier molecular flexibility index (Phi) is 12.1. The summed E-state index contributed by atoms with van der Waals surface area (Å²) in [7, 11) is 12.2. The summed E-state index contributed by atoms with van der Waals surface area (Å²) < 4.78 is 70.6. The van der Waals surface area contributed by atoms with Gasteiger partial charge in [-0.25, -0.2) is 14.4 Å². The molecule has 0 bridgehead atoms. The summed E-state index contributed by atoms with van der Waals surface area (Å²) in [5.41, 5.74) is 3.57. The Morgan fingerprint density at radius 1 is 0.426 bits per heavy atom. The van der Waals surface area contributed by atoms with Gasteiger partial charge in [0.2, 0.25) is 0 Å². The third-order valence-corrected chi connectivity index (χ3v) is 12.3. The lowest BCUT2D eigenvalue weighted by Gasteiger charge is -2.28. The minimum absolute atomic E-state index is 0.0230. The molecule has 0 unspecified atom stereocenters. The normalized spacial score (nSPS) is 13.1. The van der Waals surface area contributed by atoms with Crippen molar-refractivity contribution < 1.29 is 71.2 Å². The van der Waals surface area contributed by atoms with Crippen LogP contribution in [0.4, 0.5) is 4.79 Å². The Morgan fingerprint density at radius 3 is 1.04 bits per heavy atom. The second kappa shape index (κ2) is 17.6. The molecule has 0 aromatic heterocycles. The number of ether oxygens (including phenoxy) is 12. The van der Waals surface area contributed by atoms with Gasteiger partial charge in [-0.2, -0.15) is 0 Å². The number of benzene rings is 6. The number of carbonyl (C=O) groups excluding carboxylic acids is 3. The van der Waals surface area contributed by atoms with Crippen molar-refractivity contribution in [1.29, 1.82) is 0 Å². The molecule has 2 heterocycles. The summed E-state index contributed by atoms with van der Waals surface area (Å²) in [6.07, 6.45) is -1.20. The van der Waals surface area contributed by atoms with Gasteiger partial charge in [0.25, 0.3) is 0 Å². The molecule has 0 saturated heterocycles. The fraction of sp³-hybridized carbons (Fsp3) is 0.340. The maximum atomic E-state index is 14.7. The molecule has 356 valence electrons. The van der Waals surface area contributed by atoms with Crippen LogP contribution in [0, 0.1) is 0 Å². The van der Waals surface area contributed by atoms with Crippen LogP contribution in [0.1, 0.15) is 84.5 Å². The van der Waals surface area contributed by atoms with E-state index in [4.69, 9.17) is 56.8 Å². The van der Waals surface area contributed by atoms with E-state index in [1.807, 2.05) is 53.7 Å². The molecule has 0 saturated carbocycles. The van der Waals surface area contributed by atoms with E-state index in [2.05, 4.69) is 0 Å². The maximum absolute atomic E-state index is 14.7. The summed E-state index contributed by atoms with van der Waals surface area (Å²) in [6, 6.07) is 14.0. The van der Waals surface area contributed by atoms with E-state index >= 15 is 0 Å². The molecule has 2 aliphatic rings. The molecule has 0 atom stereocenters. The van der Waals surface area contributed by atoms with Gasteiger partial charge in [-0.15, -0.1) is 0 Å². The predicted molar refractivity (Wildman–Crippen MR) is 253 cm³/mol. The van der Waals surface area contributed by atoms with Gasteiger partial charge in [0.05, 0.1) is 68.0 Å². The van der Waals surface area contributed by atoms with Gasteiger partial charge in [0.1, 0.15) is 47.7 Å². The van der Waals surface area contributed by atoms with Crippen LogP contribution in [0.3, 0.4) is 0 Å². The third-order valence-electron chi connectivity index (χ3n) is 12.3. The van der Waals surface area contributed by atoms with Gasteiger partial charge in [-0.3, -0.25) is 0 Å². The lowest BCUT2D eigenvalue weighted by atomic mass is 9.78. The molecule has 6 aromatic carbocycles.